The molecule has 0 amide bonds. The average Bonchev–Trinajstić information content (AvgIpc) is 3.27. The van der Waals surface area contributed by atoms with Crippen molar-refractivity contribution in [3.8, 4) is 44.9 Å². The Kier molecular flexibility index (Phi) is 8.69. The van der Waals surface area contributed by atoms with Gasteiger partial charge in [0.05, 0.1) is 22.3 Å². The molecular weight excluding hydrogens is 739 g/mol. The molecule has 1 aliphatic heterocycles. The lowest BCUT2D eigenvalue weighted by atomic mass is 9.84. The molecule has 7 rings (SSSR count). The zero-order valence-electron chi connectivity index (χ0n) is 27.2. The molecule has 1 heterocycles. The van der Waals surface area contributed by atoms with E-state index in [-0.39, 0.29) is 52.2 Å². The molecule has 6 aromatic rings. The van der Waals surface area contributed by atoms with Gasteiger partial charge in [-0.3, -0.25) is 0 Å². The van der Waals surface area contributed by atoms with Gasteiger partial charge in [-0.1, -0.05) is 54.6 Å². The number of allylic oxidation sites excluding steroid dienone is 1. The summed E-state index contributed by atoms with van der Waals surface area (Å²) in [6, 6.07) is 17.3. The molecule has 1 aliphatic rings. The van der Waals surface area contributed by atoms with Gasteiger partial charge in [0.25, 0.3) is 0 Å². The maximum atomic E-state index is 14.1. The normalized spacial score (nSPS) is 13.6. The smallest absolute Gasteiger partial charge is 0.525 e. The fraction of sp³-hybridized carbons (Fsp3) is 0.128. The predicted octanol–water partition coefficient (Wildman–Crippen LogP) is 13.5. The van der Waals surface area contributed by atoms with Crippen molar-refractivity contribution in [3.63, 3.8) is 0 Å². The Bertz CT molecular complexity index is 2230. The molecule has 0 bridgehead atoms. The van der Waals surface area contributed by atoms with Gasteiger partial charge in [-0.05, 0) is 81.2 Å². The Balaban J connectivity index is 1.66. The second-order valence-electron chi connectivity index (χ2n) is 12.5. The summed E-state index contributed by atoms with van der Waals surface area (Å²) < 4.78 is 182. The summed E-state index contributed by atoms with van der Waals surface area (Å²) in [4.78, 5) is 0. The van der Waals surface area contributed by atoms with E-state index in [1.807, 2.05) is 0 Å². The fourth-order valence-corrected chi connectivity index (χ4v) is 6.57. The van der Waals surface area contributed by atoms with Crippen LogP contribution >= 0.6 is 0 Å². The minimum Gasteiger partial charge on any atom is -0.525 e. The number of hydrogen-bond acceptors (Lipinski definition) is 2. The molecule has 0 saturated carbocycles. The minimum absolute atomic E-state index is 0.0208. The van der Waals surface area contributed by atoms with Crippen molar-refractivity contribution >= 4 is 28.7 Å². The Morgan fingerprint density at radius 3 is 1.13 bits per heavy atom. The number of alkyl halides is 12. The highest BCUT2D eigenvalue weighted by molar-refractivity contribution is 6.48. The number of hydrogen-bond donors (Lipinski definition) is 0. The first-order valence-electron chi connectivity index (χ1n) is 15.9. The van der Waals surface area contributed by atoms with Crippen LogP contribution in [0.1, 0.15) is 22.3 Å². The van der Waals surface area contributed by atoms with E-state index in [0.717, 1.165) is 0 Å². The summed E-state index contributed by atoms with van der Waals surface area (Å²) in [6.07, 6.45) is -19.7. The zero-order chi connectivity index (χ0) is 39.0. The Morgan fingerprint density at radius 2 is 0.815 bits per heavy atom. The number of halogens is 12. The molecule has 0 atom stereocenters. The second-order valence-corrected chi connectivity index (χ2v) is 12.5. The summed E-state index contributed by atoms with van der Waals surface area (Å²) in [5, 5.41) is 1.29. The molecule has 0 aromatic heterocycles. The average molecular weight is 760 g/mol. The van der Waals surface area contributed by atoms with E-state index in [2.05, 4.69) is 6.58 Å². The van der Waals surface area contributed by atoms with Gasteiger partial charge in [0.15, 0.2) is 0 Å². The van der Waals surface area contributed by atoms with Gasteiger partial charge < -0.3 is 9.31 Å². The quantitative estimate of drug-likeness (QED) is 0.101. The maximum Gasteiger partial charge on any atom is 0.598 e. The number of benzene rings is 6. The van der Waals surface area contributed by atoms with Gasteiger partial charge >= 0.3 is 31.8 Å². The molecule has 0 N–H and O–H groups in total. The lowest BCUT2D eigenvalue weighted by Gasteiger charge is -2.21. The van der Waals surface area contributed by atoms with E-state index in [0.29, 0.717) is 45.8 Å². The van der Waals surface area contributed by atoms with Crippen molar-refractivity contribution in [2.24, 2.45) is 0 Å². The summed E-state index contributed by atoms with van der Waals surface area (Å²) in [5.41, 5.74) is -7.77. The highest BCUT2D eigenvalue weighted by Crippen LogP contribution is 2.55. The first-order chi connectivity index (χ1) is 25.2. The second kappa shape index (κ2) is 12.8. The summed E-state index contributed by atoms with van der Waals surface area (Å²) >= 11 is 0. The van der Waals surface area contributed by atoms with Crippen LogP contribution in [0.4, 0.5) is 52.7 Å². The van der Waals surface area contributed by atoms with Crippen LogP contribution in [-0.2, 0) is 24.7 Å². The van der Waals surface area contributed by atoms with Gasteiger partial charge in [-0.2, -0.15) is 52.7 Å². The standard InChI is InChI=1S/C39H21BF12O2/c1-2-11-40-53-34-30(22-12-24(36(41,42)43)18-25(13-22)37(44,45)46)16-20-7-3-5-9-28(20)32(34)33-29-10-6-4-8-21(29)17-31(35(33)54-40)23-14-26(38(47,48)49)19-27(15-23)39(50,51)52/h2-10,12-19H,1,11H2. The Hall–Kier alpha value is -5.60. The van der Waals surface area contributed by atoms with Crippen molar-refractivity contribution in [1.29, 1.82) is 0 Å². The Labute approximate surface area is 298 Å². The topological polar surface area (TPSA) is 18.5 Å². The fourth-order valence-electron chi connectivity index (χ4n) is 6.57. The molecule has 0 saturated heterocycles. The van der Waals surface area contributed by atoms with Crippen molar-refractivity contribution in [2.75, 3.05) is 0 Å². The van der Waals surface area contributed by atoms with E-state index in [4.69, 9.17) is 9.31 Å². The van der Waals surface area contributed by atoms with Gasteiger partial charge in [0.1, 0.15) is 11.5 Å². The van der Waals surface area contributed by atoms with Crippen LogP contribution in [0.3, 0.4) is 0 Å². The molecule has 0 aliphatic carbocycles. The van der Waals surface area contributed by atoms with Crippen LogP contribution in [0.2, 0.25) is 6.32 Å². The van der Waals surface area contributed by atoms with Crippen LogP contribution in [0.25, 0.3) is 54.9 Å². The highest BCUT2D eigenvalue weighted by atomic mass is 19.4. The SMILES string of the molecule is C=CCB1Oc2c(-c3cc(C(F)(F)F)cc(C(F)(F)F)c3)cc3ccccc3c2-c2c(c(-c3cc(C(F)(F)F)cc(C(F)(F)F)c3)cc3ccccc23)O1. The van der Waals surface area contributed by atoms with Gasteiger partial charge in [0.2, 0.25) is 0 Å². The molecule has 6 aromatic carbocycles. The van der Waals surface area contributed by atoms with Gasteiger partial charge in [-0.15, -0.1) is 6.58 Å². The predicted molar refractivity (Wildman–Crippen MR) is 180 cm³/mol. The van der Waals surface area contributed by atoms with E-state index in [9.17, 15) is 52.7 Å². The van der Waals surface area contributed by atoms with Crippen molar-refractivity contribution < 1.29 is 62.0 Å². The molecule has 0 fully saturated rings. The van der Waals surface area contributed by atoms with Crippen LogP contribution in [0.5, 0.6) is 11.5 Å². The van der Waals surface area contributed by atoms with Crippen molar-refractivity contribution in [2.45, 2.75) is 31.0 Å². The van der Waals surface area contributed by atoms with Crippen LogP contribution < -0.4 is 9.31 Å². The van der Waals surface area contributed by atoms with Crippen LogP contribution in [-0.4, -0.2) is 7.12 Å². The monoisotopic (exact) mass is 760 g/mol. The summed E-state index contributed by atoms with van der Waals surface area (Å²) in [5.74, 6) is -0.483. The lowest BCUT2D eigenvalue weighted by Crippen LogP contribution is -2.28. The van der Waals surface area contributed by atoms with Crippen LogP contribution in [0, 0.1) is 0 Å². The number of rotatable bonds is 4. The van der Waals surface area contributed by atoms with E-state index in [1.165, 1.54) is 18.2 Å². The molecule has 0 spiro atoms. The third-order valence-corrected chi connectivity index (χ3v) is 8.91. The van der Waals surface area contributed by atoms with E-state index in [1.54, 1.807) is 48.5 Å². The first-order valence-corrected chi connectivity index (χ1v) is 15.9. The third-order valence-electron chi connectivity index (χ3n) is 8.91. The van der Waals surface area contributed by atoms with Crippen molar-refractivity contribution in [1.82, 2.24) is 0 Å². The number of fused-ring (bicyclic) bond motifs is 7. The zero-order valence-corrected chi connectivity index (χ0v) is 27.2. The molecular formula is C39H21BF12O2. The first kappa shape index (κ1) is 36.8. The molecule has 15 heteroatoms. The molecule has 0 radical (unpaired) electrons. The molecule has 54 heavy (non-hydrogen) atoms. The minimum atomic E-state index is -5.20. The molecule has 276 valence electrons. The Morgan fingerprint density at radius 1 is 0.481 bits per heavy atom. The van der Waals surface area contributed by atoms with Crippen molar-refractivity contribution in [3.05, 3.63) is 132 Å². The maximum absolute atomic E-state index is 14.1. The molecule has 0 unspecified atom stereocenters. The summed E-state index contributed by atoms with van der Waals surface area (Å²) in [7, 11) is -1.47. The highest BCUT2D eigenvalue weighted by Gasteiger charge is 2.41. The van der Waals surface area contributed by atoms with Crippen LogP contribution in [0.15, 0.2) is 110 Å². The van der Waals surface area contributed by atoms with Gasteiger partial charge in [0, 0.05) is 28.6 Å². The molecule has 2 nitrogen and oxygen atoms in total. The largest absolute Gasteiger partial charge is 0.598 e. The van der Waals surface area contributed by atoms with Gasteiger partial charge in [-0.25, -0.2) is 0 Å². The van der Waals surface area contributed by atoms with E-state index >= 15 is 0 Å². The third kappa shape index (κ3) is 6.71. The summed E-state index contributed by atoms with van der Waals surface area (Å²) in [6.45, 7) is 3.65. The van der Waals surface area contributed by atoms with E-state index < -0.39 is 65.2 Å². The lowest BCUT2D eigenvalue weighted by molar-refractivity contribution is -0.144.